The van der Waals surface area contributed by atoms with Crippen LogP contribution in [0.4, 0.5) is 5.69 Å². The number of Topliss-reactive ketones (excluding diaryl/α,β-unsaturated/α-hetero) is 1. The summed E-state index contributed by atoms with van der Waals surface area (Å²) in [6.45, 7) is 1.48. The molecule has 0 aliphatic rings. The summed E-state index contributed by atoms with van der Waals surface area (Å²) in [5.74, 6) is -1.11. The van der Waals surface area contributed by atoms with Gasteiger partial charge in [0.25, 0.3) is 10.0 Å². The third kappa shape index (κ3) is 4.58. The lowest BCUT2D eigenvalue weighted by Gasteiger charge is -2.20. The van der Waals surface area contributed by atoms with Gasteiger partial charge >= 0.3 is 5.97 Å². The summed E-state index contributed by atoms with van der Waals surface area (Å²) >= 11 is 0. The average molecular weight is 423 g/mol. The molecule has 0 amide bonds. The topological polar surface area (TPSA) is 80.8 Å². The normalized spacial score (nSPS) is 12.1. The minimum Gasteiger partial charge on any atom is -0.451 e. The Morgan fingerprint density at radius 3 is 2.03 bits per heavy atom. The van der Waals surface area contributed by atoms with Crippen molar-refractivity contribution >= 4 is 27.5 Å². The van der Waals surface area contributed by atoms with Crippen LogP contribution in [0.3, 0.4) is 0 Å². The third-order valence-corrected chi connectivity index (χ3v) is 6.34. The van der Waals surface area contributed by atoms with Crippen LogP contribution in [-0.2, 0) is 14.8 Å². The van der Waals surface area contributed by atoms with Crippen LogP contribution in [0.5, 0.6) is 0 Å². The highest BCUT2D eigenvalue weighted by Gasteiger charge is 2.24. The van der Waals surface area contributed by atoms with Crippen LogP contribution in [0, 0.1) is 0 Å². The van der Waals surface area contributed by atoms with Crippen LogP contribution in [0.25, 0.3) is 0 Å². The highest BCUT2D eigenvalue weighted by Crippen LogP contribution is 2.22. The third-order valence-electron chi connectivity index (χ3n) is 4.56. The summed E-state index contributed by atoms with van der Waals surface area (Å²) in [5.41, 5.74) is 0.969. The molecule has 0 saturated carbocycles. The van der Waals surface area contributed by atoms with Crippen LogP contribution in [0.1, 0.15) is 27.6 Å². The number of nitrogens with zero attached hydrogens (tertiary/aromatic N) is 1. The fourth-order valence-corrected chi connectivity index (χ4v) is 4.08. The fourth-order valence-electron chi connectivity index (χ4n) is 2.84. The first-order valence-corrected chi connectivity index (χ1v) is 10.7. The Labute approximate surface area is 175 Å². The fraction of sp³-hybridized carbons (Fsp3) is 0.130. The average Bonchev–Trinajstić information content (AvgIpc) is 2.79. The molecule has 0 spiro atoms. The van der Waals surface area contributed by atoms with E-state index in [1.807, 2.05) is 0 Å². The molecule has 3 rings (SSSR count). The lowest BCUT2D eigenvalue weighted by atomic mass is 10.1. The Balaban J connectivity index is 1.79. The summed E-state index contributed by atoms with van der Waals surface area (Å²) in [6.07, 6.45) is -1.01. The molecule has 0 heterocycles. The molecule has 3 aromatic carbocycles. The van der Waals surface area contributed by atoms with E-state index in [9.17, 15) is 18.0 Å². The molecule has 0 bridgehead atoms. The quantitative estimate of drug-likeness (QED) is 0.425. The minimum absolute atomic E-state index is 0.0465. The Hall–Kier alpha value is -3.45. The number of anilines is 1. The van der Waals surface area contributed by atoms with Crippen molar-refractivity contribution in [3.05, 3.63) is 96.1 Å². The molecule has 0 aliphatic heterocycles. The number of rotatable bonds is 7. The van der Waals surface area contributed by atoms with Gasteiger partial charge in [-0.2, -0.15) is 0 Å². The van der Waals surface area contributed by atoms with Crippen molar-refractivity contribution in [3.8, 4) is 0 Å². The second-order valence-electron chi connectivity index (χ2n) is 6.61. The number of para-hydroxylation sites is 1. The molecule has 30 heavy (non-hydrogen) atoms. The predicted molar refractivity (Wildman–Crippen MR) is 114 cm³/mol. The van der Waals surface area contributed by atoms with Gasteiger partial charge in [0.05, 0.1) is 16.1 Å². The van der Waals surface area contributed by atoms with Crippen molar-refractivity contribution in [2.75, 3.05) is 11.4 Å². The second kappa shape index (κ2) is 8.92. The standard InChI is InChI=1S/C23H21NO5S/c1-17(22(25)18-10-5-3-6-11-18)29-23(26)19-12-9-15-21(16-19)30(27,28)24(2)20-13-7-4-8-14-20/h3-17H,1-2H3. The Morgan fingerprint density at radius 2 is 1.40 bits per heavy atom. The van der Waals surface area contributed by atoms with E-state index < -0.39 is 22.1 Å². The molecule has 1 unspecified atom stereocenters. The Bertz CT molecular complexity index is 1140. The van der Waals surface area contributed by atoms with Crippen molar-refractivity contribution in [2.45, 2.75) is 17.9 Å². The van der Waals surface area contributed by atoms with Gasteiger partial charge in [-0.15, -0.1) is 0 Å². The maximum absolute atomic E-state index is 12.9. The molecule has 1 atom stereocenters. The van der Waals surface area contributed by atoms with Gasteiger partial charge in [0, 0.05) is 12.6 Å². The van der Waals surface area contributed by atoms with E-state index in [1.165, 1.54) is 38.2 Å². The van der Waals surface area contributed by atoms with Gasteiger partial charge in [-0.05, 0) is 37.3 Å². The first-order chi connectivity index (χ1) is 14.3. The van der Waals surface area contributed by atoms with Crippen molar-refractivity contribution in [1.29, 1.82) is 0 Å². The first kappa shape index (κ1) is 21.3. The monoisotopic (exact) mass is 423 g/mol. The largest absolute Gasteiger partial charge is 0.451 e. The zero-order valence-corrected chi connectivity index (χ0v) is 17.4. The molecule has 3 aromatic rings. The minimum atomic E-state index is -3.88. The molecule has 0 aromatic heterocycles. The molecule has 0 radical (unpaired) electrons. The summed E-state index contributed by atoms with van der Waals surface area (Å²) in [5, 5.41) is 0. The summed E-state index contributed by atoms with van der Waals surface area (Å²) in [7, 11) is -2.44. The molecule has 154 valence electrons. The van der Waals surface area contributed by atoms with E-state index in [0.717, 1.165) is 4.31 Å². The van der Waals surface area contributed by atoms with Gasteiger partial charge in [0.2, 0.25) is 5.78 Å². The number of carbonyl (C=O) groups excluding carboxylic acids is 2. The first-order valence-electron chi connectivity index (χ1n) is 9.25. The van der Waals surface area contributed by atoms with Crippen molar-refractivity contribution in [1.82, 2.24) is 0 Å². The Morgan fingerprint density at radius 1 is 0.833 bits per heavy atom. The molecule has 0 N–H and O–H groups in total. The lowest BCUT2D eigenvalue weighted by molar-refractivity contribution is 0.0318. The molecular formula is C23H21NO5S. The zero-order valence-electron chi connectivity index (χ0n) is 16.6. The van der Waals surface area contributed by atoms with Gasteiger partial charge < -0.3 is 4.74 Å². The zero-order chi connectivity index (χ0) is 21.7. The van der Waals surface area contributed by atoms with E-state index in [2.05, 4.69) is 0 Å². The van der Waals surface area contributed by atoms with Gasteiger partial charge in [-0.25, -0.2) is 13.2 Å². The highest BCUT2D eigenvalue weighted by atomic mass is 32.2. The molecule has 0 fully saturated rings. The van der Waals surface area contributed by atoms with Crippen LogP contribution >= 0.6 is 0 Å². The summed E-state index contributed by atoms with van der Waals surface area (Å²) < 4.78 is 32.3. The van der Waals surface area contributed by atoms with E-state index in [-0.39, 0.29) is 16.2 Å². The second-order valence-corrected chi connectivity index (χ2v) is 8.58. The number of hydrogen-bond acceptors (Lipinski definition) is 5. The number of carbonyl (C=O) groups is 2. The maximum Gasteiger partial charge on any atom is 0.338 e. The van der Waals surface area contributed by atoms with Gasteiger partial charge in [-0.1, -0.05) is 54.6 Å². The smallest absolute Gasteiger partial charge is 0.338 e. The summed E-state index contributed by atoms with van der Waals surface area (Å²) in [6, 6.07) is 22.7. The summed E-state index contributed by atoms with van der Waals surface area (Å²) in [4.78, 5) is 24.9. The molecule has 7 heteroatoms. The maximum atomic E-state index is 12.9. The van der Waals surface area contributed by atoms with Gasteiger partial charge in [0.1, 0.15) is 0 Å². The van der Waals surface area contributed by atoms with Gasteiger partial charge in [0.15, 0.2) is 6.10 Å². The van der Waals surface area contributed by atoms with Crippen molar-refractivity contribution in [3.63, 3.8) is 0 Å². The van der Waals surface area contributed by atoms with E-state index in [4.69, 9.17) is 4.74 Å². The highest BCUT2D eigenvalue weighted by molar-refractivity contribution is 7.92. The number of esters is 1. The molecule has 6 nitrogen and oxygen atoms in total. The SMILES string of the molecule is CC(OC(=O)c1cccc(S(=O)(=O)N(C)c2ccccc2)c1)C(=O)c1ccccc1. The number of benzene rings is 3. The number of sulfonamides is 1. The van der Waals surface area contributed by atoms with Gasteiger partial charge in [-0.3, -0.25) is 9.10 Å². The number of ether oxygens (including phenoxy) is 1. The van der Waals surface area contributed by atoms with Crippen molar-refractivity contribution in [2.24, 2.45) is 0 Å². The number of hydrogen-bond donors (Lipinski definition) is 0. The van der Waals surface area contributed by atoms with Crippen molar-refractivity contribution < 1.29 is 22.7 Å². The van der Waals surface area contributed by atoms with Crippen LogP contribution in [-0.4, -0.2) is 33.3 Å². The van der Waals surface area contributed by atoms with E-state index in [1.54, 1.807) is 60.7 Å². The number of ketones is 1. The van der Waals surface area contributed by atoms with E-state index >= 15 is 0 Å². The van der Waals surface area contributed by atoms with Crippen LogP contribution < -0.4 is 4.31 Å². The lowest BCUT2D eigenvalue weighted by Crippen LogP contribution is -2.27. The Kier molecular flexibility index (Phi) is 6.32. The molecule has 0 aliphatic carbocycles. The van der Waals surface area contributed by atoms with E-state index in [0.29, 0.717) is 11.3 Å². The molecule has 0 saturated heterocycles. The van der Waals surface area contributed by atoms with Crippen LogP contribution in [0.2, 0.25) is 0 Å². The van der Waals surface area contributed by atoms with Crippen LogP contribution in [0.15, 0.2) is 89.8 Å². The molecular weight excluding hydrogens is 402 g/mol. The predicted octanol–water partition coefficient (Wildman–Crippen LogP) is 3.94.